The second-order valence-corrected chi connectivity index (χ2v) is 5.38. The minimum Gasteiger partial charge on any atom is -0.376 e. The third kappa shape index (κ3) is 4.44. The van der Waals surface area contributed by atoms with E-state index in [9.17, 15) is 4.39 Å². The lowest BCUT2D eigenvalue weighted by atomic mass is 9.76. The second kappa shape index (κ2) is 6.83. The summed E-state index contributed by atoms with van der Waals surface area (Å²) >= 11 is 0. The largest absolute Gasteiger partial charge is 0.376 e. The Kier molecular flexibility index (Phi) is 5.11. The van der Waals surface area contributed by atoms with Crippen LogP contribution in [-0.2, 0) is 4.74 Å². The van der Waals surface area contributed by atoms with Gasteiger partial charge in [-0.1, -0.05) is 24.3 Å². The Hall–Kier alpha value is -1.19. The highest BCUT2D eigenvalue weighted by Crippen LogP contribution is 2.36. The fraction of sp³-hybridized carbons (Fsp3) is 0.500. The molecule has 0 aliphatic heterocycles. The highest BCUT2D eigenvalue weighted by molar-refractivity contribution is 5.23. The second-order valence-electron chi connectivity index (χ2n) is 5.38. The van der Waals surface area contributed by atoms with Gasteiger partial charge in [-0.2, -0.15) is 0 Å². The van der Waals surface area contributed by atoms with Crippen molar-refractivity contribution < 1.29 is 9.13 Å². The molecule has 2 nitrogen and oxygen atoms in total. The quantitative estimate of drug-likeness (QED) is 0.602. The monoisotopic (exact) mass is 263 g/mol. The molecule has 0 unspecified atom stereocenters. The molecule has 1 aromatic rings. The molecule has 2 rings (SSSR count). The molecule has 0 amide bonds. The maximum Gasteiger partial charge on any atom is 0.123 e. The van der Waals surface area contributed by atoms with Crippen LogP contribution in [0.5, 0.6) is 0 Å². The van der Waals surface area contributed by atoms with Gasteiger partial charge in [0.05, 0.1) is 13.2 Å². The summed E-state index contributed by atoms with van der Waals surface area (Å²) in [6.07, 6.45) is 2.17. The van der Waals surface area contributed by atoms with Crippen molar-refractivity contribution in [2.45, 2.75) is 31.7 Å². The van der Waals surface area contributed by atoms with E-state index in [1.165, 1.54) is 6.07 Å². The first-order chi connectivity index (χ1) is 9.15. The zero-order chi connectivity index (χ0) is 13.7. The van der Waals surface area contributed by atoms with Crippen LogP contribution >= 0.6 is 0 Å². The van der Waals surface area contributed by atoms with Gasteiger partial charge in [0, 0.05) is 12.6 Å². The average Bonchev–Trinajstić information content (AvgIpc) is 2.30. The maximum atomic E-state index is 13.1. The van der Waals surface area contributed by atoms with E-state index in [1.54, 1.807) is 12.1 Å². The first-order valence-electron chi connectivity index (χ1n) is 6.86. The Labute approximate surface area is 114 Å². The normalized spacial score (nSPS) is 22.0. The standard InChI is InChI=1S/C16H22FNO/c1-12(2)11-19-7-6-18-16-9-14(10-16)13-4-3-5-15(17)8-13/h3-5,8,14,16,18H,1,6-7,9-11H2,2H3. The molecule has 1 fully saturated rings. The van der Waals surface area contributed by atoms with Crippen LogP contribution in [0.3, 0.4) is 0 Å². The average molecular weight is 263 g/mol. The third-order valence-corrected chi connectivity index (χ3v) is 3.49. The number of nitrogens with one attached hydrogen (secondary N) is 1. The Morgan fingerprint density at radius 2 is 2.26 bits per heavy atom. The summed E-state index contributed by atoms with van der Waals surface area (Å²) in [6.45, 7) is 7.97. The van der Waals surface area contributed by atoms with Crippen LogP contribution in [0.4, 0.5) is 4.39 Å². The van der Waals surface area contributed by atoms with Crippen LogP contribution in [0.1, 0.15) is 31.2 Å². The molecule has 3 heteroatoms. The number of ether oxygens (including phenoxy) is 1. The van der Waals surface area contributed by atoms with E-state index >= 15 is 0 Å². The van der Waals surface area contributed by atoms with Crippen molar-refractivity contribution in [2.75, 3.05) is 19.8 Å². The first kappa shape index (κ1) is 14.2. The van der Waals surface area contributed by atoms with Gasteiger partial charge in [-0.25, -0.2) is 4.39 Å². The fourth-order valence-electron chi connectivity index (χ4n) is 2.40. The molecule has 0 radical (unpaired) electrons. The van der Waals surface area contributed by atoms with E-state index < -0.39 is 0 Å². The van der Waals surface area contributed by atoms with Crippen molar-refractivity contribution in [1.29, 1.82) is 0 Å². The molecule has 104 valence electrons. The molecular formula is C16H22FNO. The van der Waals surface area contributed by atoms with E-state index in [2.05, 4.69) is 11.9 Å². The lowest BCUT2D eigenvalue weighted by Gasteiger charge is -2.36. The lowest BCUT2D eigenvalue weighted by molar-refractivity contribution is 0.148. The van der Waals surface area contributed by atoms with Gasteiger partial charge in [0.25, 0.3) is 0 Å². The molecule has 0 heterocycles. The van der Waals surface area contributed by atoms with Crippen molar-refractivity contribution in [3.8, 4) is 0 Å². The summed E-state index contributed by atoms with van der Waals surface area (Å²) in [4.78, 5) is 0. The Bertz CT molecular complexity index is 427. The molecule has 0 bridgehead atoms. The van der Waals surface area contributed by atoms with Gasteiger partial charge in [0.2, 0.25) is 0 Å². The van der Waals surface area contributed by atoms with Gasteiger partial charge in [0.1, 0.15) is 5.82 Å². The molecule has 1 aliphatic carbocycles. The minimum atomic E-state index is -0.137. The summed E-state index contributed by atoms with van der Waals surface area (Å²) in [6, 6.07) is 7.49. The molecule has 19 heavy (non-hydrogen) atoms. The summed E-state index contributed by atoms with van der Waals surface area (Å²) in [7, 11) is 0. The van der Waals surface area contributed by atoms with E-state index in [0.29, 0.717) is 25.2 Å². The van der Waals surface area contributed by atoms with Crippen molar-refractivity contribution in [3.63, 3.8) is 0 Å². The van der Waals surface area contributed by atoms with E-state index in [0.717, 1.165) is 30.5 Å². The topological polar surface area (TPSA) is 21.3 Å². The minimum absolute atomic E-state index is 0.137. The van der Waals surface area contributed by atoms with Gasteiger partial charge in [0.15, 0.2) is 0 Å². The van der Waals surface area contributed by atoms with Gasteiger partial charge in [-0.15, -0.1) is 0 Å². The number of hydrogen-bond acceptors (Lipinski definition) is 2. The van der Waals surface area contributed by atoms with Crippen LogP contribution in [-0.4, -0.2) is 25.8 Å². The molecular weight excluding hydrogens is 241 g/mol. The van der Waals surface area contributed by atoms with Crippen LogP contribution in [0, 0.1) is 5.82 Å². The van der Waals surface area contributed by atoms with Crippen molar-refractivity contribution in [3.05, 3.63) is 47.8 Å². The van der Waals surface area contributed by atoms with Gasteiger partial charge < -0.3 is 10.1 Å². The molecule has 0 saturated heterocycles. The molecule has 0 atom stereocenters. The van der Waals surface area contributed by atoms with Crippen LogP contribution in [0.2, 0.25) is 0 Å². The molecule has 0 aromatic heterocycles. The number of benzene rings is 1. The SMILES string of the molecule is C=C(C)COCCNC1CC(c2cccc(F)c2)C1. The Morgan fingerprint density at radius 3 is 2.95 bits per heavy atom. The third-order valence-electron chi connectivity index (χ3n) is 3.49. The molecule has 1 N–H and O–H groups in total. The Morgan fingerprint density at radius 1 is 1.47 bits per heavy atom. The van der Waals surface area contributed by atoms with Crippen LogP contribution < -0.4 is 5.32 Å². The van der Waals surface area contributed by atoms with E-state index in [4.69, 9.17) is 4.74 Å². The predicted octanol–water partition coefficient (Wildman–Crippen LogP) is 3.25. The molecule has 0 spiro atoms. The zero-order valence-corrected chi connectivity index (χ0v) is 11.5. The number of halogens is 1. The molecule has 1 aliphatic rings. The highest BCUT2D eigenvalue weighted by Gasteiger charge is 2.29. The maximum absolute atomic E-state index is 13.1. The fourth-order valence-corrected chi connectivity index (χ4v) is 2.40. The van der Waals surface area contributed by atoms with Crippen LogP contribution in [0.25, 0.3) is 0 Å². The first-order valence-corrected chi connectivity index (χ1v) is 6.86. The van der Waals surface area contributed by atoms with Gasteiger partial charge in [-0.05, 0) is 43.4 Å². The smallest absolute Gasteiger partial charge is 0.123 e. The number of hydrogen-bond donors (Lipinski definition) is 1. The van der Waals surface area contributed by atoms with Gasteiger partial charge >= 0.3 is 0 Å². The number of rotatable bonds is 7. The van der Waals surface area contributed by atoms with Crippen LogP contribution in [0.15, 0.2) is 36.4 Å². The highest BCUT2D eigenvalue weighted by atomic mass is 19.1. The van der Waals surface area contributed by atoms with Crippen molar-refractivity contribution in [2.24, 2.45) is 0 Å². The van der Waals surface area contributed by atoms with Crippen molar-refractivity contribution in [1.82, 2.24) is 5.32 Å². The summed E-state index contributed by atoms with van der Waals surface area (Å²) < 4.78 is 18.5. The zero-order valence-electron chi connectivity index (χ0n) is 11.5. The predicted molar refractivity (Wildman–Crippen MR) is 75.8 cm³/mol. The van der Waals surface area contributed by atoms with Crippen molar-refractivity contribution >= 4 is 0 Å². The van der Waals surface area contributed by atoms with E-state index in [-0.39, 0.29) is 5.82 Å². The van der Waals surface area contributed by atoms with Gasteiger partial charge in [-0.3, -0.25) is 0 Å². The van der Waals surface area contributed by atoms with E-state index in [1.807, 2.05) is 13.0 Å². The lowest BCUT2D eigenvalue weighted by Crippen LogP contribution is -2.41. The summed E-state index contributed by atoms with van der Waals surface area (Å²) in [5, 5.41) is 3.46. The molecule has 1 aromatic carbocycles. The Balaban J connectivity index is 1.60. The molecule has 1 saturated carbocycles. The summed E-state index contributed by atoms with van der Waals surface area (Å²) in [5.74, 6) is 0.367. The summed E-state index contributed by atoms with van der Waals surface area (Å²) in [5.41, 5.74) is 2.17.